The number of aliphatic carboxylic acids is 1. The van der Waals surface area contributed by atoms with E-state index in [1.54, 1.807) is 0 Å². The zero-order valence-electron chi connectivity index (χ0n) is 18.6. The van der Waals surface area contributed by atoms with E-state index in [0.717, 1.165) is 38.9 Å². The number of hydrogen-bond acceptors (Lipinski definition) is 1. The quantitative estimate of drug-likeness (QED) is 0.279. The third-order valence-electron chi connectivity index (χ3n) is 6.35. The van der Waals surface area contributed by atoms with Crippen molar-refractivity contribution in [1.82, 2.24) is 0 Å². The minimum absolute atomic E-state index is 0.719. The minimum atomic E-state index is -1.39. The van der Waals surface area contributed by atoms with E-state index in [2.05, 4.69) is 18.2 Å². The summed E-state index contributed by atoms with van der Waals surface area (Å²) in [5, 5.41) is 11.0. The number of carboxylic acid groups (broad SMARTS) is 1. The molecule has 0 saturated heterocycles. The Morgan fingerprint density at radius 3 is 1.41 bits per heavy atom. The molecule has 0 amide bonds. The Hall–Kier alpha value is -4.43. The van der Waals surface area contributed by atoms with Crippen LogP contribution in [0.1, 0.15) is 16.7 Å². The Balaban J connectivity index is 1.95. The summed E-state index contributed by atoms with van der Waals surface area (Å²) in [4.78, 5) is 13.5. The number of carboxylic acids is 1. The molecule has 0 bridgehead atoms. The number of hydrogen-bond donors (Lipinski definition) is 1. The molecule has 0 atom stereocenters. The predicted octanol–water partition coefficient (Wildman–Crippen LogP) is 7.44. The lowest BCUT2D eigenvalue weighted by atomic mass is 9.66. The zero-order valence-corrected chi connectivity index (χ0v) is 18.6. The molecule has 0 aliphatic carbocycles. The average molecular weight is 441 g/mol. The van der Waals surface area contributed by atoms with Gasteiger partial charge in [0.25, 0.3) is 0 Å². The molecule has 0 saturated carbocycles. The summed E-state index contributed by atoms with van der Waals surface area (Å²) in [6, 6.07) is 45.3. The normalized spacial score (nSPS) is 11.2. The van der Waals surface area contributed by atoms with Gasteiger partial charge in [-0.05, 0) is 38.9 Å². The average Bonchev–Trinajstić information content (AvgIpc) is 2.91. The fraction of sp³-hybridized carbons (Fsp3) is 0.0312. The summed E-state index contributed by atoms with van der Waals surface area (Å²) in [6.07, 6.45) is 0. The van der Waals surface area contributed by atoms with Crippen LogP contribution in [-0.4, -0.2) is 11.1 Å². The summed E-state index contributed by atoms with van der Waals surface area (Å²) in [6.45, 7) is 0. The SMILES string of the molecule is O=C(O)C(c1ccccc1)(c1ccccc1)c1cccc(-c2ccccc2)c1-c1ccccc1. The summed E-state index contributed by atoms with van der Waals surface area (Å²) >= 11 is 0. The van der Waals surface area contributed by atoms with Crippen LogP contribution in [0.5, 0.6) is 0 Å². The molecule has 0 aliphatic rings. The number of benzene rings is 5. The first-order chi connectivity index (χ1) is 16.7. The van der Waals surface area contributed by atoms with Crippen LogP contribution in [0.3, 0.4) is 0 Å². The molecule has 0 spiro atoms. The van der Waals surface area contributed by atoms with Gasteiger partial charge in [-0.15, -0.1) is 0 Å². The minimum Gasteiger partial charge on any atom is -0.480 e. The van der Waals surface area contributed by atoms with Crippen molar-refractivity contribution >= 4 is 5.97 Å². The van der Waals surface area contributed by atoms with Gasteiger partial charge in [0.2, 0.25) is 0 Å². The van der Waals surface area contributed by atoms with Crippen molar-refractivity contribution in [2.24, 2.45) is 0 Å². The zero-order chi connectivity index (χ0) is 23.4. The van der Waals surface area contributed by atoms with Gasteiger partial charge < -0.3 is 5.11 Å². The van der Waals surface area contributed by atoms with Crippen molar-refractivity contribution in [2.45, 2.75) is 5.41 Å². The van der Waals surface area contributed by atoms with Crippen LogP contribution in [0.4, 0.5) is 0 Å². The van der Waals surface area contributed by atoms with Gasteiger partial charge in [-0.3, -0.25) is 4.79 Å². The Morgan fingerprint density at radius 2 is 0.941 bits per heavy atom. The third kappa shape index (κ3) is 3.60. The second-order valence-electron chi connectivity index (χ2n) is 8.25. The van der Waals surface area contributed by atoms with E-state index in [1.807, 2.05) is 121 Å². The van der Waals surface area contributed by atoms with Crippen molar-refractivity contribution in [2.75, 3.05) is 0 Å². The molecule has 0 aliphatic heterocycles. The molecule has 164 valence electrons. The third-order valence-corrected chi connectivity index (χ3v) is 6.35. The molecule has 0 radical (unpaired) electrons. The maximum Gasteiger partial charge on any atom is 0.323 e. The van der Waals surface area contributed by atoms with Crippen LogP contribution in [0.2, 0.25) is 0 Å². The van der Waals surface area contributed by atoms with E-state index in [9.17, 15) is 9.90 Å². The molecular formula is C32H24O2. The molecule has 0 heterocycles. The molecule has 5 aromatic carbocycles. The van der Waals surface area contributed by atoms with Crippen molar-refractivity contribution < 1.29 is 9.90 Å². The molecule has 0 aromatic heterocycles. The van der Waals surface area contributed by atoms with Crippen LogP contribution in [0, 0.1) is 0 Å². The number of rotatable bonds is 6. The molecule has 34 heavy (non-hydrogen) atoms. The highest BCUT2D eigenvalue weighted by atomic mass is 16.4. The van der Waals surface area contributed by atoms with Crippen molar-refractivity contribution in [3.05, 3.63) is 156 Å². The van der Waals surface area contributed by atoms with Crippen LogP contribution in [0.25, 0.3) is 22.3 Å². The van der Waals surface area contributed by atoms with Crippen molar-refractivity contribution in [3.63, 3.8) is 0 Å². The molecule has 5 aromatic rings. The lowest BCUT2D eigenvalue weighted by molar-refractivity contribution is -0.140. The monoisotopic (exact) mass is 440 g/mol. The van der Waals surface area contributed by atoms with Gasteiger partial charge in [-0.25, -0.2) is 0 Å². The predicted molar refractivity (Wildman–Crippen MR) is 138 cm³/mol. The lowest BCUT2D eigenvalue weighted by Gasteiger charge is -2.34. The molecule has 0 fully saturated rings. The molecule has 1 N–H and O–H groups in total. The van der Waals surface area contributed by atoms with Gasteiger partial charge in [0.1, 0.15) is 5.41 Å². The Bertz CT molecular complexity index is 1350. The molecule has 2 nitrogen and oxygen atoms in total. The first-order valence-electron chi connectivity index (χ1n) is 11.3. The van der Waals surface area contributed by atoms with Gasteiger partial charge in [-0.1, -0.05) is 140 Å². The van der Waals surface area contributed by atoms with Gasteiger partial charge in [0.05, 0.1) is 0 Å². The fourth-order valence-electron chi connectivity index (χ4n) is 4.86. The van der Waals surface area contributed by atoms with Crippen LogP contribution >= 0.6 is 0 Å². The first kappa shape index (κ1) is 21.4. The van der Waals surface area contributed by atoms with E-state index in [-0.39, 0.29) is 0 Å². The van der Waals surface area contributed by atoms with Crippen molar-refractivity contribution in [1.29, 1.82) is 0 Å². The van der Waals surface area contributed by atoms with E-state index in [0.29, 0.717) is 0 Å². The molecule has 2 heteroatoms. The summed E-state index contributed by atoms with van der Waals surface area (Å²) < 4.78 is 0. The maximum absolute atomic E-state index is 13.5. The summed E-state index contributed by atoms with van der Waals surface area (Å²) in [5.74, 6) is -0.910. The Morgan fingerprint density at radius 1 is 0.500 bits per heavy atom. The van der Waals surface area contributed by atoms with E-state index in [1.165, 1.54) is 0 Å². The lowest BCUT2D eigenvalue weighted by Crippen LogP contribution is -2.39. The standard InChI is InChI=1S/C32H24O2/c33-31(34)32(26-18-9-3-10-19-26,27-20-11-4-12-21-27)29-23-13-22-28(24-14-5-1-6-15-24)30(29)25-16-7-2-8-17-25/h1-23H,(H,33,34). The van der Waals surface area contributed by atoms with Gasteiger partial charge in [0, 0.05) is 0 Å². The van der Waals surface area contributed by atoms with Crippen LogP contribution < -0.4 is 0 Å². The second kappa shape index (κ2) is 9.21. The summed E-state index contributed by atoms with van der Waals surface area (Å²) in [5.41, 5.74) is 4.74. The Labute approximate surface area is 199 Å². The Kier molecular flexibility index (Phi) is 5.80. The first-order valence-corrected chi connectivity index (χ1v) is 11.3. The van der Waals surface area contributed by atoms with Crippen LogP contribution in [-0.2, 0) is 10.2 Å². The topological polar surface area (TPSA) is 37.3 Å². The molecule has 5 rings (SSSR count). The molecular weight excluding hydrogens is 416 g/mol. The highest BCUT2D eigenvalue weighted by Crippen LogP contribution is 2.47. The van der Waals surface area contributed by atoms with E-state index in [4.69, 9.17) is 0 Å². The highest BCUT2D eigenvalue weighted by Gasteiger charge is 2.46. The fourth-order valence-corrected chi connectivity index (χ4v) is 4.86. The maximum atomic E-state index is 13.5. The smallest absolute Gasteiger partial charge is 0.323 e. The van der Waals surface area contributed by atoms with E-state index < -0.39 is 11.4 Å². The van der Waals surface area contributed by atoms with E-state index >= 15 is 0 Å². The number of carbonyl (C=O) groups is 1. The second-order valence-corrected chi connectivity index (χ2v) is 8.25. The molecule has 0 unspecified atom stereocenters. The highest BCUT2D eigenvalue weighted by molar-refractivity contribution is 5.97. The summed E-state index contributed by atoms with van der Waals surface area (Å²) in [7, 11) is 0. The largest absolute Gasteiger partial charge is 0.480 e. The van der Waals surface area contributed by atoms with Crippen LogP contribution in [0.15, 0.2) is 140 Å². The van der Waals surface area contributed by atoms with Gasteiger partial charge in [0.15, 0.2) is 0 Å². The van der Waals surface area contributed by atoms with Gasteiger partial charge >= 0.3 is 5.97 Å². The van der Waals surface area contributed by atoms with Crippen molar-refractivity contribution in [3.8, 4) is 22.3 Å². The van der Waals surface area contributed by atoms with Gasteiger partial charge in [-0.2, -0.15) is 0 Å².